The number of nitrogens with two attached hydrogens (primary N) is 1. The Labute approximate surface area is 105 Å². The molecule has 4 N–H and O–H groups in total. The summed E-state index contributed by atoms with van der Waals surface area (Å²) in [6, 6.07) is 5.49. The molecular formula is C12H16N2O2S. The molecule has 0 spiro atoms. The first-order chi connectivity index (χ1) is 8.16. The molecule has 1 aliphatic rings. The number of carboxylic acids is 1. The number of nitrogens with one attached hydrogen (secondary N) is 1. The third-order valence-corrected chi connectivity index (χ3v) is 4.03. The highest BCUT2D eigenvalue weighted by Crippen LogP contribution is 2.23. The predicted molar refractivity (Wildman–Crippen MR) is 71.8 cm³/mol. The number of thioether (sulfide) groups is 1. The summed E-state index contributed by atoms with van der Waals surface area (Å²) in [7, 11) is 0. The fourth-order valence-corrected chi connectivity index (χ4v) is 3.01. The Morgan fingerprint density at radius 1 is 1.53 bits per heavy atom. The van der Waals surface area contributed by atoms with Crippen molar-refractivity contribution >= 4 is 29.1 Å². The van der Waals surface area contributed by atoms with Gasteiger partial charge in [-0.25, -0.2) is 4.79 Å². The maximum atomic E-state index is 10.8. The van der Waals surface area contributed by atoms with E-state index in [2.05, 4.69) is 5.32 Å². The first kappa shape index (κ1) is 12.1. The van der Waals surface area contributed by atoms with Crippen LogP contribution in [0.5, 0.6) is 0 Å². The first-order valence-electron chi connectivity index (χ1n) is 5.64. The summed E-state index contributed by atoms with van der Waals surface area (Å²) >= 11 is 1.95. The Kier molecular flexibility index (Phi) is 3.78. The highest BCUT2D eigenvalue weighted by Gasteiger charge is 2.14. The van der Waals surface area contributed by atoms with Crippen LogP contribution < -0.4 is 11.1 Å². The van der Waals surface area contributed by atoms with E-state index in [4.69, 9.17) is 10.8 Å². The van der Waals surface area contributed by atoms with Gasteiger partial charge in [-0.2, -0.15) is 11.8 Å². The van der Waals surface area contributed by atoms with E-state index in [1.807, 2.05) is 11.8 Å². The molecule has 1 atom stereocenters. The van der Waals surface area contributed by atoms with Crippen LogP contribution in [0.2, 0.25) is 0 Å². The Balaban J connectivity index is 2.06. The number of nitrogen functional groups attached to an aromatic ring is 1. The summed E-state index contributed by atoms with van der Waals surface area (Å²) in [5.41, 5.74) is 7.08. The number of rotatable bonds is 3. The lowest BCUT2D eigenvalue weighted by atomic mass is 10.1. The van der Waals surface area contributed by atoms with Gasteiger partial charge < -0.3 is 16.2 Å². The molecule has 1 unspecified atom stereocenters. The predicted octanol–water partition coefficient (Wildman–Crippen LogP) is 2.27. The van der Waals surface area contributed by atoms with E-state index >= 15 is 0 Å². The van der Waals surface area contributed by atoms with E-state index in [9.17, 15) is 4.79 Å². The maximum absolute atomic E-state index is 10.8. The van der Waals surface area contributed by atoms with Gasteiger partial charge in [0.2, 0.25) is 0 Å². The molecule has 0 radical (unpaired) electrons. The molecular weight excluding hydrogens is 236 g/mol. The van der Waals surface area contributed by atoms with Crippen molar-refractivity contribution < 1.29 is 9.90 Å². The molecule has 2 rings (SSSR count). The van der Waals surface area contributed by atoms with Crippen molar-refractivity contribution in [2.45, 2.75) is 18.9 Å². The highest BCUT2D eigenvalue weighted by atomic mass is 32.2. The molecule has 0 bridgehead atoms. The molecule has 4 nitrogen and oxygen atoms in total. The lowest BCUT2D eigenvalue weighted by molar-refractivity contribution is 0.0698. The molecule has 0 amide bonds. The molecule has 1 saturated heterocycles. The van der Waals surface area contributed by atoms with Gasteiger partial charge in [0.15, 0.2) is 0 Å². The van der Waals surface area contributed by atoms with Crippen LogP contribution in [0.25, 0.3) is 0 Å². The molecule has 0 aromatic heterocycles. The van der Waals surface area contributed by atoms with Crippen LogP contribution in [0, 0.1) is 0 Å². The van der Waals surface area contributed by atoms with Gasteiger partial charge in [-0.1, -0.05) is 0 Å². The summed E-state index contributed by atoms with van der Waals surface area (Å²) in [6.07, 6.45) is 2.39. The number of anilines is 2. The van der Waals surface area contributed by atoms with Crippen LogP contribution in [0.15, 0.2) is 18.2 Å². The summed E-state index contributed by atoms with van der Waals surface area (Å²) < 4.78 is 0. The second kappa shape index (κ2) is 5.31. The van der Waals surface area contributed by atoms with Crippen molar-refractivity contribution in [3.63, 3.8) is 0 Å². The van der Waals surface area contributed by atoms with Gasteiger partial charge in [-0.05, 0) is 36.8 Å². The van der Waals surface area contributed by atoms with Crippen molar-refractivity contribution in [2.24, 2.45) is 0 Å². The molecule has 0 saturated carbocycles. The van der Waals surface area contributed by atoms with Gasteiger partial charge in [0, 0.05) is 23.2 Å². The van der Waals surface area contributed by atoms with Crippen molar-refractivity contribution in [3.8, 4) is 0 Å². The van der Waals surface area contributed by atoms with Gasteiger partial charge >= 0.3 is 5.97 Å². The van der Waals surface area contributed by atoms with Gasteiger partial charge in [-0.15, -0.1) is 0 Å². The molecule has 1 aliphatic heterocycles. The van der Waals surface area contributed by atoms with Gasteiger partial charge in [0.25, 0.3) is 0 Å². The van der Waals surface area contributed by atoms with Crippen molar-refractivity contribution in [2.75, 3.05) is 22.6 Å². The first-order valence-corrected chi connectivity index (χ1v) is 6.79. The van der Waals surface area contributed by atoms with Gasteiger partial charge in [0.05, 0.1) is 5.56 Å². The Morgan fingerprint density at radius 2 is 2.35 bits per heavy atom. The quantitative estimate of drug-likeness (QED) is 0.719. The van der Waals surface area contributed by atoms with E-state index in [1.165, 1.54) is 12.2 Å². The van der Waals surface area contributed by atoms with Crippen LogP contribution in [0.4, 0.5) is 11.4 Å². The molecule has 0 aliphatic carbocycles. The van der Waals surface area contributed by atoms with Crippen molar-refractivity contribution in [3.05, 3.63) is 23.8 Å². The second-order valence-corrected chi connectivity index (χ2v) is 5.32. The summed E-state index contributed by atoms with van der Waals surface area (Å²) in [4.78, 5) is 10.8. The summed E-state index contributed by atoms with van der Waals surface area (Å²) in [5, 5.41) is 12.3. The van der Waals surface area contributed by atoms with Crippen LogP contribution in [0.1, 0.15) is 23.2 Å². The highest BCUT2D eigenvalue weighted by molar-refractivity contribution is 7.99. The van der Waals surface area contributed by atoms with E-state index in [1.54, 1.807) is 18.2 Å². The fraction of sp³-hybridized carbons (Fsp3) is 0.417. The molecule has 1 aromatic carbocycles. The molecule has 1 heterocycles. The largest absolute Gasteiger partial charge is 0.478 e. The van der Waals surface area contributed by atoms with Crippen LogP contribution in [-0.4, -0.2) is 28.6 Å². The maximum Gasteiger partial charge on any atom is 0.337 e. The minimum Gasteiger partial charge on any atom is -0.478 e. The van der Waals surface area contributed by atoms with Gasteiger partial charge in [0.1, 0.15) is 0 Å². The van der Waals surface area contributed by atoms with E-state index in [0.29, 0.717) is 11.7 Å². The Hall–Kier alpha value is -1.36. The molecule has 17 heavy (non-hydrogen) atoms. The zero-order valence-corrected chi connectivity index (χ0v) is 10.3. The van der Waals surface area contributed by atoms with Crippen LogP contribution in [0.3, 0.4) is 0 Å². The number of aromatic carboxylic acids is 1. The second-order valence-electron chi connectivity index (χ2n) is 4.17. The topological polar surface area (TPSA) is 75.3 Å². The third-order valence-electron chi connectivity index (χ3n) is 2.81. The lowest BCUT2D eigenvalue weighted by Crippen LogP contribution is -2.25. The van der Waals surface area contributed by atoms with E-state index in [0.717, 1.165) is 17.9 Å². The number of carbonyl (C=O) groups is 1. The number of hydrogen-bond donors (Lipinski definition) is 3. The van der Waals surface area contributed by atoms with Crippen LogP contribution in [-0.2, 0) is 0 Å². The molecule has 1 fully saturated rings. The van der Waals surface area contributed by atoms with E-state index < -0.39 is 5.97 Å². The lowest BCUT2D eigenvalue weighted by Gasteiger charge is -2.23. The number of carboxylic acid groups (broad SMARTS) is 1. The Bertz CT molecular complexity index is 417. The van der Waals surface area contributed by atoms with E-state index in [-0.39, 0.29) is 5.56 Å². The smallest absolute Gasteiger partial charge is 0.337 e. The third kappa shape index (κ3) is 3.06. The average molecular weight is 252 g/mol. The van der Waals surface area contributed by atoms with Gasteiger partial charge in [-0.3, -0.25) is 0 Å². The SMILES string of the molecule is Nc1cc(NC2CCCSC2)ccc1C(=O)O. The number of hydrogen-bond acceptors (Lipinski definition) is 4. The standard InChI is InChI=1S/C12H16N2O2S/c13-11-6-8(3-4-10(11)12(15)16)14-9-2-1-5-17-7-9/h3-4,6,9,14H,1-2,5,7,13H2,(H,15,16). The molecule has 5 heteroatoms. The van der Waals surface area contributed by atoms with Crippen molar-refractivity contribution in [1.82, 2.24) is 0 Å². The summed E-state index contributed by atoms with van der Waals surface area (Å²) in [6.45, 7) is 0. The minimum absolute atomic E-state index is 0.161. The normalized spacial score (nSPS) is 19.9. The molecule has 1 aromatic rings. The minimum atomic E-state index is -0.984. The fourth-order valence-electron chi connectivity index (χ4n) is 1.94. The monoisotopic (exact) mass is 252 g/mol. The molecule has 92 valence electrons. The zero-order chi connectivity index (χ0) is 12.3. The van der Waals surface area contributed by atoms with Crippen molar-refractivity contribution in [1.29, 1.82) is 0 Å². The average Bonchev–Trinajstić information content (AvgIpc) is 2.30. The number of benzene rings is 1. The zero-order valence-electron chi connectivity index (χ0n) is 9.48. The summed E-state index contributed by atoms with van der Waals surface area (Å²) in [5.74, 6) is 1.35. The Morgan fingerprint density at radius 3 is 2.94 bits per heavy atom. The van der Waals surface area contributed by atoms with Crippen LogP contribution >= 0.6 is 11.8 Å².